The summed E-state index contributed by atoms with van der Waals surface area (Å²) in [6, 6.07) is 4.20. The first-order valence-corrected chi connectivity index (χ1v) is 9.94. The molecule has 1 aromatic carbocycles. The first kappa shape index (κ1) is 19.0. The van der Waals surface area contributed by atoms with Gasteiger partial charge >= 0.3 is 5.97 Å². The fourth-order valence-corrected chi connectivity index (χ4v) is 4.92. The van der Waals surface area contributed by atoms with Crippen LogP contribution in [0.4, 0.5) is 0 Å². The van der Waals surface area contributed by atoms with E-state index >= 15 is 0 Å². The smallest absolute Gasteiger partial charge is 0.341 e. The number of sulfone groups is 1. The Balaban J connectivity index is 2.00. The molecule has 0 spiro atoms. The van der Waals surface area contributed by atoms with Crippen molar-refractivity contribution >= 4 is 44.9 Å². The summed E-state index contributed by atoms with van der Waals surface area (Å²) in [6.45, 7) is 1.59. The SMILES string of the molecule is CCN(C(=O)COC(=O)c1c(Cl)cccc1Cl)[C@H]1CCS(=O)(=O)C1. The van der Waals surface area contributed by atoms with Crippen LogP contribution in [0, 0.1) is 0 Å². The summed E-state index contributed by atoms with van der Waals surface area (Å²) in [6.07, 6.45) is 0.395. The molecule has 1 atom stereocenters. The standard InChI is InChI=1S/C15H17Cl2NO5S/c1-2-18(10-6-7-24(21,22)9-10)13(19)8-23-15(20)14-11(16)4-3-5-12(14)17/h3-5,10H,2,6-9H2,1H3/t10-/m0/s1. The van der Waals surface area contributed by atoms with Gasteiger partial charge in [0.1, 0.15) is 0 Å². The molecular weight excluding hydrogens is 377 g/mol. The van der Waals surface area contributed by atoms with Crippen LogP contribution < -0.4 is 0 Å². The first-order chi connectivity index (χ1) is 11.2. The number of carbonyl (C=O) groups excluding carboxylic acids is 2. The lowest BCUT2D eigenvalue weighted by molar-refractivity contribution is -0.136. The zero-order valence-electron chi connectivity index (χ0n) is 13.0. The molecule has 24 heavy (non-hydrogen) atoms. The van der Waals surface area contributed by atoms with Crippen LogP contribution in [0.15, 0.2) is 18.2 Å². The maximum atomic E-state index is 12.3. The van der Waals surface area contributed by atoms with Gasteiger partial charge in [-0.1, -0.05) is 29.3 Å². The lowest BCUT2D eigenvalue weighted by atomic mass is 10.2. The molecule has 0 aromatic heterocycles. The van der Waals surface area contributed by atoms with E-state index in [0.29, 0.717) is 13.0 Å². The molecule has 132 valence electrons. The fraction of sp³-hybridized carbons (Fsp3) is 0.467. The highest BCUT2D eigenvalue weighted by Gasteiger charge is 2.34. The van der Waals surface area contributed by atoms with E-state index in [0.717, 1.165) is 0 Å². The molecule has 0 unspecified atom stereocenters. The van der Waals surface area contributed by atoms with Crippen molar-refractivity contribution in [3.8, 4) is 0 Å². The third-order valence-electron chi connectivity index (χ3n) is 3.80. The van der Waals surface area contributed by atoms with Gasteiger partial charge in [-0.25, -0.2) is 13.2 Å². The Morgan fingerprint density at radius 3 is 2.42 bits per heavy atom. The number of ether oxygens (including phenoxy) is 1. The minimum atomic E-state index is -3.11. The lowest BCUT2D eigenvalue weighted by Gasteiger charge is -2.26. The molecule has 1 aromatic rings. The van der Waals surface area contributed by atoms with Gasteiger partial charge in [-0.2, -0.15) is 0 Å². The van der Waals surface area contributed by atoms with E-state index in [4.69, 9.17) is 27.9 Å². The molecule has 1 aliphatic rings. The third kappa shape index (κ3) is 4.40. The van der Waals surface area contributed by atoms with Crippen LogP contribution >= 0.6 is 23.2 Å². The Bertz CT molecular complexity index is 730. The zero-order valence-corrected chi connectivity index (χ0v) is 15.3. The predicted molar refractivity (Wildman–Crippen MR) is 91.2 cm³/mol. The van der Waals surface area contributed by atoms with E-state index in [2.05, 4.69) is 0 Å². The number of hydrogen-bond donors (Lipinski definition) is 0. The van der Waals surface area contributed by atoms with Crippen molar-refractivity contribution in [2.75, 3.05) is 24.7 Å². The summed E-state index contributed by atoms with van der Waals surface area (Å²) in [4.78, 5) is 25.8. The van der Waals surface area contributed by atoms with Crippen molar-refractivity contribution < 1.29 is 22.7 Å². The lowest BCUT2D eigenvalue weighted by Crippen LogP contribution is -2.43. The molecule has 2 rings (SSSR count). The van der Waals surface area contributed by atoms with Crippen LogP contribution in [0.3, 0.4) is 0 Å². The molecule has 1 aliphatic heterocycles. The topological polar surface area (TPSA) is 80.8 Å². The van der Waals surface area contributed by atoms with E-state index < -0.39 is 28.3 Å². The highest BCUT2D eigenvalue weighted by molar-refractivity contribution is 7.91. The van der Waals surface area contributed by atoms with Gasteiger partial charge in [-0.15, -0.1) is 0 Å². The Labute approximate surface area is 150 Å². The van der Waals surface area contributed by atoms with Crippen molar-refractivity contribution in [1.82, 2.24) is 4.90 Å². The Morgan fingerprint density at radius 2 is 1.92 bits per heavy atom. The summed E-state index contributed by atoms with van der Waals surface area (Å²) in [7, 11) is -3.11. The number of benzene rings is 1. The number of esters is 1. The largest absolute Gasteiger partial charge is 0.452 e. The molecular formula is C15H17Cl2NO5S. The van der Waals surface area contributed by atoms with Crippen LogP contribution in [0.5, 0.6) is 0 Å². The molecule has 0 radical (unpaired) electrons. The van der Waals surface area contributed by atoms with E-state index in [1.165, 1.54) is 17.0 Å². The molecule has 0 bridgehead atoms. The van der Waals surface area contributed by atoms with Gasteiger partial charge in [0.2, 0.25) is 0 Å². The van der Waals surface area contributed by atoms with Crippen molar-refractivity contribution in [2.45, 2.75) is 19.4 Å². The Kier molecular flexibility index (Phi) is 6.11. The van der Waals surface area contributed by atoms with E-state index in [1.54, 1.807) is 13.0 Å². The van der Waals surface area contributed by atoms with Gasteiger partial charge in [0.25, 0.3) is 5.91 Å². The van der Waals surface area contributed by atoms with Crippen LogP contribution in [0.2, 0.25) is 10.0 Å². The van der Waals surface area contributed by atoms with Gasteiger partial charge in [0, 0.05) is 12.6 Å². The predicted octanol–water partition coefficient (Wildman–Crippen LogP) is 2.19. The van der Waals surface area contributed by atoms with Crippen molar-refractivity contribution in [1.29, 1.82) is 0 Å². The van der Waals surface area contributed by atoms with Crippen molar-refractivity contribution in [3.05, 3.63) is 33.8 Å². The van der Waals surface area contributed by atoms with Crippen LogP contribution in [0.1, 0.15) is 23.7 Å². The number of nitrogens with zero attached hydrogens (tertiary/aromatic N) is 1. The highest BCUT2D eigenvalue weighted by Crippen LogP contribution is 2.25. The van der Waals surface area contributed by atoms with Crippen molar-refractivity contribution in [2.24, 2.45) is 0 Å². The zero-order chi connectivity index (χ0) is 17.9. The fourth-order valence-electron chi connectivity index (χ4n) is 2.63. The number of likely N-dealkylation sites (N-methyl/N-ethyl adjacent to an activating group) is 1. The molecule has 1 saturated heterocycles. The first-order valence-electron chi connectivity index (χ1n) is 7.36. The molecule has 1 fully saturated rings. The van der Waals surface area contributed by atoms with Gasteiger partial charge in [-0.05, 0) is 25.5 Å². The average Bonchev–Trinajstić information content (AvgIpc) is 2.85. The second kappa shape index (κ2) is 7.72. The van der Waals surface area contributed by atoms with Crippen molar-refractivity contribution in [3.63, 3.8) is 0 Å². The number of rotatable bonds is 5. The number of amides is 1. The molecule has 9 heteroatoms. The Hall–Kier alpha value is -1.31. The maximum absolute atomic E-state index is 12.3. The normalized spacial score (nSPS) is 19.0. The van der Waals surface area contributed by atoms with Gasteiger partial charge < -0.3 is 9.64 Å². The van der Waals surface area contributed by atoms with Gasteiger partial charge in [-0.3, -0.25) is 4.79 Å². The molecule has 6 nitrogen and oxygen atoms in total. The van der Waals surface area contributed by atoms with Crippen LogP contribution in [-0.4, -0.2) is 55.9 Å². The van der Waals surface area contributed by atoms with E-state index in [-0.39, 0.29) is 33.2 Å². The molecule has 0 saturated carbocycles. The maximum Gasteiger partial charge on any atom is 0.341 e. The van der Waals surface area contributed by atoms with Gasteiger partial charge in [0.05, 0.1) is 27.1 Å². The molecule has 1 amide bonds. The van der Waals surface area contributed by atoms with Gasteiger partial charge in [0.15, 0.2) is 16.4 Å². The minimum Gasteiger partial charge on any atom is -0.452 e. The monoisotopic (exact) mass is 393 g/mol. The summed E-state index contributed by atoms with van der Waals surface area (Å²) in [5.74, 6) is -1.24. The van der Waals surface area contributed by atoms with Crippen LogP contribution in [-0.2, 0) is 19.4 Å². The van der Waals surface area contributed by atoms with Crippen LogP contribution in [0.25, 0.3) is 0 Å². The summed E-state index contributed by atoms with van der Waals surface area (Å²) < 4.78 is 28.1. The molecule has 1 heterocycles. The highest BCUT2D eigenvalue weighted by atomic mass is 35.5. The van der Waals surface area contributed by atoms with E-state index in [9.17, 15) is 18.0 Å². The minimum absolute atomic E-state index is 0.000117. The molecule has 0 N–H and O–H groups in total. The third-order valence-corrected chi connectivity index (χ3v) is 6.18. The summed E-state index contributed by atoms with van der Waals surface area (Å²) in [5.41, 5.74) is 0.000117. The summed E-state index contributed by atoms with van der Waals surface area (Å²) in [5, 5.41) is 0.267. The average molecular weight is 394 g/mol. The molecule has 0 aliphatic carbocycles. The quantitative estimate of drug-likeness (QED) is 0.716. The second-order valence-electron chi connectivity index (χ2n) is 5.41. The number of carbonyl (C=O) groups is 2. The second-order valence-corrected chi connectivity index (χ2v) is 8.45. The van der Waals surface area contributed by atoms with E-state index in [1.807, 2.05) is 0 Å². The summed E-state index contributed by atoms with van der Waals surface area (Å²) >= 11 is 11.8. The number of hydrogen-bond acceptors (Lipinski definition) is 5. The Morgan fingerprint density at radius 1 is 1.29 bits per heavy atom. The number of halogens is 2.